The molecule has 1 aromatic carbocycles. The van der Waals surface area contributed by atoms with Crippen LogP contribution < -0.4 is 0 Å². The van der Waals surface area contributed by atoms with Gasteiger partial charge in [0.1, 0.15) is 6.10 Å². The molecule has 0 saturated heterocycles. The number of rotatable bonds is 2. The first-order chi connectivity index (χ1) is 7.59. The molecule has 0 saturated carbocycles. The number of hydrogen-bond donors (Lipinski definition) is 1. The zero-order valence-electron chi connectivity index (χ0n) is 9.94. The van der Waals surface area contributed by atoms with E-state index in [9.17, 15) is 5.11 Å². The van der Waals surface area contributed by atoms with E-state index >= 15 is 0 Å². The van der Waals surface area contributed by atoms with Crippen LogP contribution in [0.25, 0.3) is 0 Å². The van der Waals surface area contributed by atoms with Crippen LogP contribution in [0.1, 0.15) is 28.5 Å². The van der Waals surface area contributed by atoms with Crippen LogP contribution in [0.3, 0.4) is 0 Å². The molecule has 1 aromatic heterocycles. The SMILES string of the molecule is Cc1ccc([C@H](O)c2cccn2C)c(C)c1. The summed E-state index contributed by atoms with van der Waals surface area (Å²) in [6.07, 6.45) is 1.41. The minimum atomic E-state index is -0.541. The van der Waals surface area contributed by atoms with Gasteiger partial charge in [0.15, 0.2) is 0 Å². The van der Waals surface area contributed by atoms with Gasteiger partial charge in [-0.05, 0) is 37.1 Å². The molecule has 1 heterocycles. The van der Waals surface area contributed by atoms with E-state index in [1.807, 2.05) is 49.0 Å². The van der Waals surface area contributed by atoms with Crippen LogP contribution in [0, 0.1) is 13.8 Å². The lowest BCUT2D eigenvalue weighted by Gasteiger charge is -2.15. The fraction of sp³-hybridized carbons (Fsp3) is 0.286. The van der Waals surface area contributed by atoms with Crippen LogP contribution in [0.4, 0.5) is 0 Å². The van der Waals surface area contributed by atoms with Crippen LogP contribution in [0.15, 0.2) is 36.5 Å². The highest BCUT2D eigenvalue weighted by atomic mass is 16.3. The number of nitrogens with zero attached hydrogens (tertiary/aromatic N) is 1. The molecule has 0 aliphatic heterocycles. The van der Waals surface area contributed by atoms with Gasteiger partial charge < -0.3 is 9.67 Å². The largest absolute Gasteiger partial charge is 0.382 e. The van der Waals surface area contributed by atoms with E-state index in [0.29, 0.717) is 0 Å². The summed E-state index contributed by atoms with van der Waals surface area (Å²) in [6, 6.07) is 10.0. The zero-order chi connectivity index (χ0) is 11.7. The van der Waals surface area contributed by atoms with Crippen molar-refractivity contribution in [3.63, 3.8) is 0 Å². The Bertz CT molecular complexity index is 499. The van der Waals surface area contributed by atoms with Crippen molar-refractivity contribution in [3.8, 4) is 0 Å². The van der Waals surface area contributed by atoms with Crippen molar-refractivity contribution in [1.29, 1.82) is 0 Å². The summed E-state index contributed by atoms with van der Waals surface area (Å²) >= 11 is 0. The molecule has 84 valence electrons. The highest BCUT2D eigenvalue weighted by Crippen LogP contribution is 2.25. The molecule has 2 aromatic rings. The number of aliphatic hydroxyl groups excluding tert-OH is 1. The summed E-state index contributed by atoms with van der Waals surface area (Å²) in [5, 5.41) is 10.3. The predicted molar refractivity (Wildman–Crippen MR) is 65.4 cm³/mol. The number of hydrogen-bond acceptors (Lipinski definition) is 1. The van der Waals surface area contributed by atoms with E-state index in [1.165, 1.54) is 5.56 Å². The molecule has 0 radical (unpaired) electrons. The lowest BCUT2D eigenvalue weighted by molar-refractivity contribution is 0.211. The van der Waals surface area contributed by atoms with Gasteiger partial charge in [-0.15, -0.1) is 0 Å². The Hall–Kier alpha value is -1.54. The van der Waals surface area contributed by atoms with E-state index in [1.54, 1.807) is 0 Å². The molecular weight excluding hydrogens is 198 g/mol. The van der Waals surface area contributed by atoms with Gasteiger partial charge in [-0.3, -0.25) is 0 Å². The zero-order valence-corrected chi connectivity index (χ0v) is 9.94. The molecule has 16 heavy (non-hydrogen) atoms. The number of aryl methyl sites for hydroxylation is 3. The monoisotopic (exact) mass is 215 g/mol. The van der Waals surface area contributed by atoms with Crippen LogP contribution in [0.5, 0.6) is 0 Å². The summed E-state index contributed by atoms with van der Waals surface area (Å²) < 4.78 is 1.95. The van der Waals surface area contributed by atoms with Crippen molar-refractivity contribution in [1.82, 2.24) is 4.57 Å². The summed E-state index contributed by atoms with van der Waals surface area (Å²) in [4.78, 5) is 0. The average Bonchev–Trinajstić information content (AvgIpc) is 2.63. The summed E-state index contributed by atoms with van der Waals surface area (Å²) in [6.45, 7) is 4.10. The predicted octanol–water partition coefficient (Wildman–Crippen LogP) is 2.72. The molecule has 0 fully saturated rings. The minimum Gasteiger partial charge on any atom is -0.382 e. The molecule has 0 unspecified atom stereocenters. The Kier molecular flexibility index (Phi) is 2.84. The normalized spacial score (nSPS) is 12.8. The summed E-state index contributed by atoms with van der Waals surface area (Å²) in [7, 11) is 1.95. The highest BCUT2D eigenvalue weighted by Gasteiger charge is 2.14. The number of aliphatic hydroxyl groups is 1. The first-order valence-corrected chi connectivity index (χ1v) is 5.46. The van der Waals surface area contributed by atoms with E-state index in [0.717, 1.165) is 16.8 Å². The molecule has 0 spiro atoms. The second kappa shape index (κ2) is 4.14. The minimum absolute atomic E-state index is 0.541. The second-order valence-electron chi connectivity index (χ2n) is 4.31. The van der Waals surface area contributed by atoms with Gasteiger partial charge in [0.05, 0.1) is 5.69 Å². The molecule has 1 atom stereocenters. The quantitative estimate of drug-likeness (QED) is 0.818. The van der Waals surface area contributed by atoms with Crippen molar-refractivity contribution in [2.24, 2.45) is 7.05 Å². The molecule has 2 nitrogen and oxygen atoms in total. The maximum absolute atomic E-state index is 10.3. The third kappa shape index (κ3) is 1.89. The van der Waals surface area contributed by atoms with Gasteiger partial charge in [0, 0.05) is 13.2 Å². The maximum Gasteiger partial charge on any atom is 0.119 e. The third-order valence-corrected chi connectivity index (χ3v) is 2.98. The molecule has 1 N–H and O–H groups in total. The topological polar surface area (TPSA) is 25.2 Å². The van der Waals surface area contributed by atoms with E-state index in [-0.39, 0.29) is 0 Å². The van der Waals surface area contributed by atoms with Crippen molar-refractivity contribution >= 4 is 0 Å². The van der Waals surface area contributed by atoms with Gasteiger partial charge in [-0.25, -0.2) is 0 Å². The summed E-state index contributed by atoms with van der Waals surface area (Å²) in [5.41, 5.74) is 4.26. The molecule has 0 aliphatic rings. The first-order valence-electron chi connectivity index (χ1n) is 5.46. The fourth-order valence-corrected chi connectivity index (χ4v) is 2.05. The number of benzene rings is 1. The molecular formula is C14H17NO. The summed E-state index contributed by atoms with van der Waals surface area (Å²) in [5.74, 6) is 0. The highest BCUT2D eigenvalue weighted by molar-refractivity contribution is 5.36. The van der Waals surface area contributed by atoms with Crippen molar-refractivity contribution in [2.45, 2.75) is 20.0 Å². The van der Waals surface area contributed by atoms with E-state index in [4.69, 9.17) is 0 Å². The lowest BCUT2D eigenvalue weighted by atomic mass is 9.99. The van der Waals surface area contributed by atoms with Gasteiger partial charge in [-0.2, -0.15) is 0 Å². The Labute approximate surface area is 96.2 Å². The van der Waals surface area contributed by atoms with Gasteiger partial charge in [0.25, 0.3) is 0 Å². The molecule has 0 amide bonds. The van der Waals surface area contributed by atoms with Crippen molar-refractivity contribution in [2.75, 3.05) is 0 Å². The fourth-order valence-electron chi connectivity index (χ4n) is 2.05. The van der Waals surface area contributed by atoms with Crippen LogP contribution in [-0.4, -0.2) is 9.67 Å². The van der Waals surface area contributed by atoms with Crippen molar-refractivity contribution in [3.05, 3.63) is 58.9 Å². The second-order valence-corrected chi connectivity index (χ2v) is 4.31. The first kappa shape index (κ1) is 11.0. The van der Waals surface area contributed by atoms with Gasteiger partial charge in [-0.1, -0.05) is 23.8 Å². The molecule has 0 aliphatic carbocycles. The van der Waals surface area contributed by atoms with Crippen LogP contribution >= 0.6 is 0 Å². The van der Waals surface area contributed by atoms with Crippen LogP contribution in [0.2, 0.25) is 0 Å². The number of aromatic nitrogens is 1. The van der Waals surface area contributed by atoms with Crippen molar-refractivity contribution < 1.29 is 5.11 Å². The van der Waals surface area contributed by atoms with E-state index in [2.05, 4.69) is 13.0 Å². The Morgan fingerprint density at radius 2 is 1.94 bits per heavy atom. The third-order valence-electron chi connectivity index (χ3n) is 2.98. The van der Waals surface area contributed by atoms with Gasteiger partial charge >= 0.3 is 0 Å². The molecule has 0 bridgehead atoms. The Balaban J connectivity index is 2.41. The average molecular weight is 215 g/mol. The van der Waals surface area contributed by atoms with E-state index < -0.39 is 6.10 Å². The van der Waals surface area contributed by atoms with Gasteiger partial charge in [0.2, 0.25) is 0 Å². The smallest absolute Gasteiger partial charge is 0.119 e. The standard InChI is InChI=1S/C14H17NO/c1-10-6-7-12(11(2)9-10)14(16)13-5-4-8-15(13)3/h4-9,14,16H,1-3H3/t14-/m0/s1. The Morgan fingerprint density at radius 3 is 2.50 bits per heavy atom. The Morgan fingerprint density at radius 1 is 1.19 bits per heavy atom. The van der Waals surface area contributed by atoms with Crippen LogP contribution in [-0.2, 0) is 7.05 Å². The molecule has 2 rings (SSSR count). The molecule has 2 heteroatoms. The maximum atomic E-state index is 10.3. The lowest BCUT2D eigenvalue weighted by Crippen LogP contribution is -2.06.